The van der Waals surface area contributed by atoms with Crippen LogP contribution in [0.5, 0.6) is 0 Å². The van der Waals surface area contributed by atoms with E-state index in [2.05, 4.69) is 27.7 Å². The fraction of sp³-hybridized carbons (Fsp3) is 1.00. The molecule has 0 unspecified atom stereocenters. The Morgan fingerprint density at radius 2 is 1.29 bits per heavy atom. The normalized spacial score (nSPS) is 12.0. The zero-order valence-corrected chi connectivity index (χ0v) is 12.4. The van der Waals surface area contributed by atoms with Crippen LogP contribution in [-0.4, -0.2) is 26.4 Å². The maximum atomic E-state index is 5.79. The van der Waals surface area contributed by atoms with Gasteiger partial charge in [-0.3, -0.25) is 0 Å². The van der Waals surface area contributed by atoms with E-state index >= 15 is 0 Å². The molecule has 0 amide bonds. The summed E-state index contributed by atoms with van der Waals surface area (Å²) < 4.78 is 11.6. The maximum absolute atomic E-state index is 5.79. The van der Waals surface area contributed by atoms with Gasteiger partial charge in [-0.1, -0.05) is 40.5 Å². The van der Waals surface area contributed by atoms with Crippen LogP contribution in [0.15, 0.2) is 0 Å². The lowest BCUT2D eigenvalue weighted by molar-refractivity contribution is -0.0306. The number of rotatable bonds is 12. The SMILES string of the molecule is CCCCC(CC)(COCCC)COCCC. The lowest BCUT2D eigenvalue weighted by Gasteiger charge is -2.32. The molecule has 0 saturated heterocycles. The molecule has 0 aliphatic heterocycles. The summed E-state index contributed by atoms with van der Waals surface area (Å²) in [7, 11) is 0. The first-order valence-electron chi connectivity index (χ1n) is 7.40. The van der Waals surface area contributed by atoms with Gasteiger partial charge in [-0.2, -0.15) is 0 Å². The largest absolute Gasteiger partial charge is 0.381 e. The Morgan fingerprint density at radius 1 is 0.765 bits per heavy atom. The molecule has 0 aromatic heterocycles. The molecule has 0 atom stereocenters. The highest BCUT2D eigenvalue weighted by Gasteiger charge is 2.28. The Labute approximate surface area is 108 Å². The van der Waals surface area contributed by atoms with E-state index in [1.807, 2.05) is 0 Å². The first-order chi connectivity index (χ1) is 8.24. The van der Waals surface area contributed by atoms with Crippen LogP contribution in [0, 0.1) is 5.41 Å². The van der Waals surface area contributed by atoms with Crippen LogP contribution in [0.1, 0.15) is 66.2 Å². The summed E-state index contributed by atoms with van der Waals surface area (Å²) in [5, 5.41) is 0. The first kappa shape index (κ1) is 16.9. The summed E-state index contributed by atoms with van der Waals surface area (Å²) in [5.74, 6) is 0. The summed E-state index contributed by atoms with van der Waals surface area (Å²) in [6, 6.07) is 0. The molecule has 2 heteroatoms. The molecule has 17 heavy (non-hydrogen) atoms. The molecule has 0 radical (unpaired) electrons. The lowest BCUT2D eigenvalue weighted by atomic mass is 9.81. The van der Waals surface area contributed by atoms with E-state index < -0.39 is 0 Å². The molecule has 0 heterocycles. The van der Waals surface area contributed by atoms with E-state index in [-0.39, 0.29) is 5.41 Å². The molecule has 0 saturated carbocycles. The maximum Gasteiger partial charge on any atom is 0.0544 e. The van der Waals surface area contributed by atoms with Crippen LogP contribution in [0.4, 0.5) is 0 Å². The van der Waals surface area contributed by atoms with Crippen molar-refractivity contribution in [2.45, 2.75) is 66.2 Å². The topological polar surface area (TPSA) is 18.5 Å². The average molecular weight is 244 g/mol. The van der Waals surface area contributed by atoms with Gasteiger partial charge in [-0.05, 0) is 25.7 Å². The molecule has 0 N–H and O–H groups in total. The van der Waals surface area contributed by atoms with Crippen LogP contribution in [0.2, 0.25) is 0 Å². The van der Waals surface area contributed by atoms with Crippen molar-refractivity contribution in [3.63, 3.8) is 0 Å². The van der Waals surface area contributed by atoms with Gasteiger partial charge < -0.3 is 9.47 Å². The van der Waals surface area contributed by atoms with Gasteiger partial charge in [0.1, 0.15) is 0 Å². The number of hydrogen-bond donors (Lipinski definition) is 0. The van der Waals surface area contributed by atoms with Crippen LogP contribution in [0.3, 0.4) is 0 Å². The highest BCUT2D eigenvalue weighted by atomic mass is 16.5. The van der Waals surface area contributed by atoms with E-state index in [4.69, 9.17) is 9.47 Å². The highest BCUT2D eigenvalue weighted by molar-refractivity contribution is 4.77. The Hall–Kier alpha value is -0.0800. The van der Waals surface area contributed by atoms with Crippen molar-refractivity contribution in [1.82, 2.24) is 0 Å². The fourth-order valence-electron chi connectivity index (χ4n) is 1.98. The molecule has 104 valence electrons. The Bertz CT molecular complexity index is 147. The summed E-state index contributed by atoms with van der Waals surface area (Å²) in [6.45, 7) is 12.3. The minimum atomic E-state index is 0.250. The van der Waals surface area contributed by atoms with Crippen molar-refractivity contribution in [3.05, 3.63) is 0 Å². The van der Waals surface area contributed by atoms with Crippen LogP contribution < -0.4 is 0 Å². The second kappa shape index (κ2) is 11.0. The third-order valence-electron chi connectivity index (χ3n) is 3.32. The van der Waals surface area contributed by atoms with Crippen molar-refractivity contribution in [3.8, 4) is 0 Å². The van der Waals surface area contributed by atoms with Gasteiger partial charge in [-0.15, -0.1) is 0 Å². The molecular formula is C15H32O2. The minimum Gasteiger partial charge on any atom is -0.381 e. The van der Waals surface area contributed by atoms with Gasteiger partial charge in [0.25, 0.3) is 0 Å². The van der Waals surface area contributed by atoms with Crippen molar-refractivity contribution in [2.75, 3.05) is 26.4 Å². The van der Waals surface area contributed by atoms with Gasteiger partial charge in [0.05, 0.1) is 13.2 Å². The molecular weight excluding hydrogens is 212 g/mol. The molecule has 0 aliphatic carbocycles. The van der Waals surface area contributed by atoms with Crippen molar-refractivity contribution < 1.29 is 9.47 Å². The summed E-state index contributed by atoms with van der Waals surface area (Å²) >= 11 is 0. The van der Waals surface area contributed by atoms with Gasteiger partial charge in [0.15, 0.2) is 0 Å². The van der Waals surface area contributed by atoms with E-state index in [1.165, 1.54) is 19.3 Å². The predicted molar refractivity (Wildman–Crippen MR) is 74.5 cm³/mol. The second-order valence-electron chi connectivity index (χ2n) is 5.06. The smallest absolute Gasteiger partial charge is 0.0544 e. The molecule has 0 aliphatic rings. The Kier molecular flexibility index (Phi) is 11.0. The zero-order valence-electron chi connectivity index (χ0n) is 12.4. The van der Waals surface area contributed by atoms with Crippen molar-refractivity contribution in [2.24, 2.45) is 5.41 Å². The highest BCUT2D eigenvalue weighted by Crippen LogP contribution is 2.30. The summed E-state index contributed by atoms with van der Waals surface area (Å²) in [5.41, 5.74) is 0.250. The molecule has 0 aromatic rings. The third kappa shape index (κ3) is 7.77. The van der Waals surface area contributed by atoms with Gasteiger partial charge in [0, 0.05) is 18.6 Å². The zero-order chi connectivity index (χ0) is 13.0. The van der Waals surface area contributed by atoms with E-state index in [9.17, 15) is 0 Å². The summed E-state index contributed by atoms with van der Waals surface area (Å²) in [6.07, 6.45) is 7.11. The lowest BCUT2D eigenvalue weighted by Crippen LogP contribution is -2.32. The van der Waals surface area contributed by atoms with Crippen LogP contribution >= 0.6 is 0 Å². The molecule has 2 nitrogen and oxygen atoms in total. The Morgan fingerprint density at radius 3 is 1.65 bits per heavy atom. The van der Waals surface area contributed by atoms with Crippen LogP contribution in [0.25, 0.3) is 0 Å². The van der Waals surface area contributed by atoms with Crippen molar-refractivity contribution in [1.29, 1.82) is 0 Å². The van der Waals surface area contributed by atoms with Gasteiger partial charge in [0.2, 0.25) is 0 Å². The molecule has 0 bridgehead atoms. The first-order valence-corrected chi connectivity index (χ1v) is 7.40. The minimum absolute atomic E-state index is 0.250. The quantitative estimate of drug-likeness (QED) is 0.473. The Balaban J connectivity index is 4.17. The fourth-order valence-corrected chi connectivity index (χ4v) is 1.98. The van der Waals surface area contributed by atoms with E-state index in [0.29, 0.717) is 0 Å². The van der Waals surface area contributed by atoms with E-state index in [0.717, 1.165) is 45.7 Å². The number of hydrogen-bond acceptors (Lipinski definition) is 2. The monoisotopic (exact) mass is 244 g/mol. The summed E-state index contributed by atoms with van der Waals surface area (Å²) in [4.78, 5) is 0. The van der Waals surface area contributed by atoms with Crippen molar-refractivity contribution >= 4 is 0 Å². The molecule has 0 aromatic carbocycles. The number of ether oxygens (including phenoxy) is 2. The second-order valence-corrected chi connectivity index (χ2v) is 5.06. The standard InChI is InChI=1S/C15H32O2/c1-5-9-10-15(8-4,13-16-11-6-2)14-17-12-7-3/h5-14H2,1-4H3. The predicted octanol–water partition coefficient (Wildman–Crippen LogP) is 4.43. The number of unbranched alkanes of at least 4 members (excludes halogenated alkanes) is 1. The molecule has 0 rings (SSSR count). The van der Waals surface area contributed by atoms with Gasteiger partial charge in [-0.25, -0.2) is 0 Å². The van der Waals surface area contributed by atoms with Gasteiger partial charge >= 0.3 is 0 Å². The average Bonchev–Trinajstić information content (AvgIpc) is 2.36. The van der Waals surface area contributed by atoms with Crippen LogP contribution in [-0.2, 0) is 9.47 Å². The molecule has 0 fully saturated rings. The molecule has 0 spiro atoms. The third-order valence-corrected chi connectivity index (χ3v) is 3.32. The van der Waals surface area contributed by atoms with E-state index in [1.54, 1.807) is 0 Å².